The number of carbonyl (C=O) groups excluding carboxylic acids is 1. The molecule has 1 aromatic rings. The molecule has 1 heterocycles. The first-order valence-corrected chi connectivity index (χ1v) is 6.82. The summed E-state index contributed by atoms with van der Waals surface area (Å²) in [5, 5.41) is 0. The molecule has 2 rings (SSSR count). The van der Waals surface area contributed by atoms with Crippen LogP contribution in [0.3, 0.4) is 0 Å². The van der Waals surface area contributed by atoms with Gasteiger partial charge in [-0.25, -0.2) is 4.98 Å². The van der Waals surface area contributed by atoms with Crippen LogP contribution in [0, 0.1) is 12.8 Å². The second kappa shape index (κ2) is 5.98. The molecular weight excluding hydrogens is 226 g/mol. The SMILES string of the molecule is CCC1CCCC(Oc2ccc(C)nc2C=O)C1. The smallest absolute Gasteiger partial charge is 0.172 e. The molecule has 2 unspecified atom stereocenters. The molecule has 0 bridgehead atoms. The summed E-state index contributed by atoms with van der Waals surface area (Å²) < 4.78 is 5.97. The fraction of sp³-hybridized carbons (Fsp3) is 0.600. The zero-order valence-corrected chi connectivity index (χ0v) is 11.2. The van der Waals surface area contributed by atoms with Gasteiger partial charge in [-0.05, 0) is 44.2 Å². The summed E-state index contributed by atoms with van der Waals surface area (Å²) in [4.78, 5) is 15.2. The summed E-state index contributed by atoms with van der Waals surface area (Å²) in [6.07, 6.45) is 6.95. The first-order chi connectivity index (χ1) is 8.72. The van der Waals surface area contributed by atoms with Gasteiger partial charge in [0.05, 0.1) is 6.10 Å². The molecule has 0 N–H and O–H groups in total. The van der Waals surface area contributed by atoms with Gasteiger partial charge in [-0.2, -0.15) is 0 Å². The first kappa shape index (κ1) is 13.1. The highest BCUT2D eigenvalue weighted by Crippen LogP contribution is 2.30. The van der Waals surface area contributed by atoms with Gasteiger partial charge >= 0.3 is 0 Å². The van der Waals surface area contributed by atoms with Crippen LogP contribution >= 0.6 is 0 Å². The highest BCUT2D eigenvalue weighted by Gasteiger charge is 2.23. The summed E-state index contributed by atoms with van der Waals surface area (Å²) in [7, 11) is 0. The number of aryl methyl sites for hydroxylation is 1. The maximum Gasteiger partial charge on any atom is 0.172 e. The minimum Gasteiger partial charge on any atom is -0.488 e. The van der Waals surface area contributed by atoms with Gasteiger partial charge in [0.2, 0.25) is 0 Å². The second-order valence-corrected chi connectivity index (χ2v) is 5.13. The highest BCUT2D eigenvalue weighted by atomic mass is 16.5. The maximum atomic E-state index is 11.0. The highest BCUT2D eigenvalue weighted by molar-refractivity contribution is 5.76. The van der Waals surface area contributed by atoms with E-state index in [0.717, 1.165) is 30.7 Å². The average molecular weight is 247 g/mol. The molecule has 98 valence electrons. The zero-order valence-electron chi connectivity index (χ0n) is 11.2. The molecule has 2 atom stereocenters. The first-order valence-electron chi connectivity index (χ1n) is 6.82. The van der Waals surface area contributed by atoms with Crippen molar-refractivity contribution in [3.63, 3.8) is 0 Å². The predicted molar refractivity (Wildman–Crippen MR) is 71.0 cm³/mol. The molecule has 18 heavy (non-hydrogen) atoms. The number of nitrogens with zero attached hydrogens (tertiary/aromatic N) is 1. The largest absolute Gasteiger partial charge is 0.488 e. The topological polar surface area (TPSA) is 39.2 Å². The fourth-order valence-electron chi connectivity index (χ4n) is 2.65. The van der Waals surface area contributed by atoms with E-state index >= 15 is 0 Å². The number of aromatic nitrogens is 1. The van der Waals surface area contributed by atoms with Crippen LogP contribution in [0.15, 0.2) is 12.1 Å². The lowest BCUT2D eigenvalue weighted by atomic mass is 9.85. The maximum absolute atomic E-state index is 11.0. The van der Waals surface area contributed by atoms with Gasteiger partial charge in [-0.3, -0.25) is 4.79 Å². The Kier molecular flexibility index (Phi) is 4.34. The number of ether oxygens (including phenoxy) is 1. The summed E-state index contributed by atoms with van der Waals surface area (Å²) >= 11 is 0. The third kappa shape index (κ3) is 3.09. The Hall–Kier alpha value is -1.38. The van der Waals surface area contributed by atoms with E-state index in [4.69, 9.17) is 4.74 Å². The monoisotopic (exact) mass is 247 g/mol. The van der Waals surface area contributed by atoms with Crippen LogP contribution in [-0.4, -0.2) is 17.4 Å². The Labute approximate surface area is 109 Å². The van der Waals surface area contributed by atoms with Gasteiger partial charge in [0.1, 0.15) is 11.4 Å². The number of hydrogen-bond donors (Lipinski definition) is 0. The van der Waals surface area contributed by atoms with Gasteiger partial charge < -0.3 is 4.74 Å². The van der Waals surface area contributed by atoms with E-state index in [1.54, 1.807) is 0 Å². The molecule has 3 nitrogen and oxygen atoms in total. The molecule has 0 radical (unpaired) electrons. The van der Waals surface area contributed by atoms with Crippen LogP contribution < -0.4 is 4.74 Å². The molecule has 0 aliphatic heterocycles. The standard InChI is InChI=1S/C15H21NO2/c1-3-12-5-4-6-13(9-12)18-15-8-7-11(2)16-14(15)10-17/h7-8,10,12-13H,3-6,9H2,1-2H3. The predicted octanol–water partition coefficient (Wildman–Crippen LogP) is 3.55. The fourth-order valence-corrected chi connectivity index (χ4v) is 2.65. The van der Waals surface area contributed by atoms with Crippen LogP contribution in [0.4, 0.5) is 0 Å². The van der Waals surface area contributed by atoms with Crippen molar-refractivity contribution in [2.24, 2.45) is 5.92 Å². The van der Waals surface area contributed by atoms with E-state index in [1.807, 2.05) is 19.1 Å². The van der Waals surface area contributed by atoms with Crippen molar-refractivity contribution in [3.8, 4) is 5.75 Å². The quantitative estimate of drug-likeness (QED) is 0.764. The molecule has 1 saturated carbocycles. The van der Waals surface area contributed by atoms with E-state index in [0.29, 0.717) is 11.4 Å². The third-order valence-corrected chi connectivity index (χ3v) is 3.74. The summed E-state index contributed by atoms with van der Waals surface area (Å²) in [5.41, 5.74) is 1.27. The van der Waals surface area contributed by atoms with Gasteiger partial charge in [0, 0.05) is 5.69 Å². The molecule has 0 spiro atoms. The van der Waals surface area contributed by atoms with Crippen molar-refractivity contribution < 1.29 is 9.53 Å². The Morgan fingerprint density at radius 2 is 2.28 bits per heavy atom. The van der Waals surface area contributed by atoms with Crippen LogP contribution in [-0.2, 0) is 0 Å². The third-order valence-electron chi connectivity index (χ3n) is 3.74. The van der Waals surface area contributed by atoms with Gasteiger partial charge in [-0.1, -0.05) is 19.8 Å². The Morgan fingerprint density at radius 3 is 3.00 bits per heavy atom. The van der Waals surface area contributed by atoms with E-state index in [1.165, 1.54) is 19.3 Å². The molecule has 0 amide bonds. The van der Waals surface area contributed by atoms with Crippen molar-refractivity contribution in [1.82, 2.24) is 4.98 Å². The Balaban J connectivity index is 2.06. The van der Waals surface area contributed by atoms with Crippen molar-refractivity contribution >= 4 is 6.29 Å². The Bertz CT molecular complexity index is 417. The van der Waals surface area contributed by atoms with E-state index in [-0.39, 0.29) is 6.10 Å². The molecule has 3 heteroatoms. The number of rotatable bonds is 4. The number of pyridine rings is 1. The molecule has 0 aromatic carbocycles. The van der Waals surface area contributed by atoms with Gasteiger partial charge in [0.15, 0.2) is 6.29 Å². The Morgan fingerprint density at radius 1 is 1.44 bits per heavy atom. The lowest BCUT2D eigenvalue weighted by Crippen LogP contribution is -2.25. The van der Waals surface area contributed by atoms with Gasteiger partial charge in [0.25, 0.3) is 0 Å². The molecule has 0 saturated heterocycles. The second-order valence-electron chi connectivity index (χ2n) is 5.13. The van der Waals surface area contributed by atoms with E-state index in [2.05, 4.69) is 11.9 Å². The molecule has 1 fully saturated rings. The van der Waals surface area contributed by atoms with Gasteiger partial charge in [-0.15, -0.1) is 0 Å². The summed E-state index contributed by atoms with van der Waals surface area (Å²) in [5.74, 6) is 1.40. The van der Waals surface area contributed by atoms with Crippen molar-refractivity contribution in [2.45, 2.75) is 52.1 Å². The molecular formula is C15H21NO2. The summed E-state index contributed by atoms with van der Waals surface area (Å²) in [6, 6.07) is 3.75. The van der Waals surface area contributed by atoms with Crippen molar-refractivity contribution in [2.75, 3.05) is 0 Å². The minimum atomic E-state index is 0.243. The van der Waals surface area contributed by atoms with Crippen LogP contribution in [0.1, 0.15) is 55.2 Å². The molecule has 1 aromatic heterocycles. The molecule has 1 aliphatic carbocycles. The number of hydrogen-bond acceptors (Lipinski definition) is 3. The zero-order chi connectivity index (χ0) is 13.0. The van der Waals surface area contributed by atoms with Crippen LogP contribution in [0.5, 0.6) is 5.75 Å². The van der Waals surface area contributed by atoms with Crippen LogP contribution in [0.2, 0.25) is 0 Å². The lowest BCUT2D eigenvalue weighted by Gasteiger charge is -2.29. The van der Waals surface area contributed by atoms with Crippen molar-refractivity contribution in [3.05, 3.63) is 23.5 Å². The number of aldehydes is 1. The average Bonchev–Trinajstić information content (AvgIpc) is 2.41. The summed E-state index contributed by atoms with van der Waals surface area (Å²) in [6.45, 7) is 4.11. The lowest BCUT2D eigenvalue weighted by molar-refractivity contribution is 0.108. The number of carbonyl (C=O) groups is 1. The van der Waals surface area contributed by atoms with Crippen molar-refractivity contribution in [1.29, 1.82) is 0 Å². The van der Waals surface area contributed by atoms with Crippen LogP contribution in [0.25, 0.3) is 0 Å². The minimum absolute atomic E-state index is 0.243. The van der Waals surface area contributed by atoms with E-state index in [9.17, 15) is 4.79 Å². The van der Waals surface area contributed by atoms with E-state index < -0.39 is 0 Å². The normalized spacial score (nSPS) is 23.7. The molecule has 1 aliphatic rings.